The van der Waals surface area contributed by atoms with E-state index in [4.69, 9.17) is 8.83 Å². The van der Waals surface area contributed by atoms with Crippen molar-refractivity contribution in [1.29, 1.82) is 0 Å². The highest BCUT2D eigenvalue weighted by Crippen LogP contribution is 2.46. The maximum Gasteiger partial charge on any atom is 0.159 e. The van der Waals surface area contributed by atoms with E-state index in [9.17, 15) is 0 Å². The molecule has 10 heteroatoms. The van der Waals surface area contributed by atoms with E-state index in [1.165, 1.54) is 94.5 Å². The van der Waals surface area contributed by atoms with E-state index >= 15 is 0 Å². The normalized spacial score (nSPS) is 17.4. The van der Waals surface area contributed by atoms with Crippen LogP contribution in [0, 0.1) is 27.7 Å². The van der Waals surface area contributed by atoms with Crippen LogP contribution in [0.1, 0.15) is 151 Å². The lowest BCUT2D eigenvalue weighted by Crippen LogP contribution is -2.37. The number of aryl methyl sites for hydroxylation is 4. The zero-order valence-electron chi connectivity index (χ0n) is 60.0. The molecule has 0 radical (unpaired) electrons. The first-order valence-corrected chi connectivity index (χ1v) is 34.9. The summed E-state index contributed by atoms with van der Waals surface area (Å²) in [6.07, 6.45) is 18.4. The molecule has 4 aliphatic heterocycles. The summed E-state index contributed by atoms with van der Waals surface area (Å²) in [6, 6.07) is 66.4. The number of para-hydroxylation sites is 7. The van der Waals surface area contributed by atoms with Crippen molar-refractivity contribution in [2.24, 2.45) is 0 Å². The molecule has 4 aliphatic rings. The van der Waals surface area contributed by atoms with Crippen LogP contribution in [0.5, 0.6) is 0 Å². The summed E-state index contributed by atoms with van der Waals surface area (Å²) >= 11 is 0. The summed E-state index contributed by atoms with van der Waals surface area (Å²) < 4.78 is 12.6. The summed E-state index contributed by atoms with van der Waals surface area (Å²) in [5, 5.41) is 4.70. The van der Waals surface area contributed by atoms with E-state index in [-0.39, 0.29) is 12.3 Å². The first kappa shape index (κ1) is 66.9. The predicted molar refractivity (Wildman–Crippen MR) is 414 cm³/mol. The third-order valence-corrected chi connectivity index (χ3v) is 20.0. The Bertz CT molecular complexity index is 4670. The highest BCUT2D eigenvalue weighted by molar-refractivity contribution is 6.11. The summed E-state index contributed by atoms with van der Waals surface area (Å²) in [4.78, 5) is 18.7. The fourth-order valence-electron chi connectivity index (χ4n) is 14.4. The Balaban J connectivity index is 0.000000126. The van der Waals surface area contributed by atoms with Gasteiger partial charge in [0.15, 0.2) is 11.2 Å². The van der Waals surface area contributed by atoms with E-state index in [1.54, 1.807) is 0 Å². The predicted octanol–water partition coefficient (Wildman–Crippen LogP) is 23.3. The zero-order valence-corrected chi connectivity index (χ0v) is 60.0. The molecule has 2 aromatic heterocycles. The lowest BCUT2D eigenvalue weighted by atomic mass is 9.92. The van der Waals surface area contributed by atoms with Gasteiger partial charge >= 0.3 is 0 Å². The van der Waals surface area contributed by atoms with Crippen molar-refractivity contribution in [3.63, 3.8) is 0 Å². The molecular weight excluding hydrogens is 1190 g/mol. The monoisotopic (exact) mass is 1290 g/mol. The van der Waals surface area contributed by atoms with Crippen LogP contribution < -0.4 is 34.3 Å². The molecule has 11 aromatic rings. The minimum absolute atomic E-state index is 0.143. The third-order valence-electron chi connectivity index (χ3n) is 20.0. The minimum atomic E-state index is 0.143. The Morgan fingerprint density at radius 1 is 0.278 bits per heavy atom. The highest BCUT2D eigenvalue weighted by Gasteiger charge is 2.34. The third kappa shape index (κ3) is 13.0. The maximum absolute atomic E-state index is 6.40. The van der Waals surface area contributed by atoms with Crippen molar-refractivity contribution >= 4 is 83.7 Å². The van der Waals surface area contributed by atoms with Gasteiger partial charge in [0, 0.05) is 107 Å². The summed E-state index contributed by atoms with van der Waals surface area (Å²) in [5.41, 5.74) is 23.3. The van der Waals surface area contributed by atoms with E-state index in [0.717, 1.165) is 33.7 Å². The number of hydrogen-bond donors (Lipinski definition) is 0. The molecule has 498 valence electrons. The summed E-state index contributed by atoms with van der Waals surface area (Å²) in [6.45, 7) is 35.9. The largest absolute Gasteiger partial charge is 0.454 e. The number of fused-ring (bicyclic) bond motifs is 6. The first-order valence-electron chi connectivity index (χ1n) is 34.9. The Kier molecular flexibility index (Phi) is 19.6. The molecule has 0 spiro atoms. The van der Waals surface area contributed by atoms with Gasteiger partial charge in [-0.25, -0.2) is 0 Å². The number of anilines is 7. The second kappa shape index (κ2) is 28.3. The SMILES string of the molecule is Cc1ccc2c(oc3ccccc32)c1N1C=CN(C)[C@@H]1C.Cc1ccc2c(oc3ccccc32)c1N1C=CN(c2c(C(C)C)cccc2C(C)C)[C@@H]1C.Cc1ccccc1N1C=CN(c2c(C(C)C)cccc2C(C)C)[C@@H]1C.Cc1ccccc1N1C=CN(c2ccccc2)[C@@H]1C. The molecule has 6 heterocycles. The summed E-state index contributed by atoms with van der Waals surface area (Å²) in [5.74, 6) is 1.92. The summed E-state index contributed by atoms with van der Waals surface area (Å²) in [7, 11) is 2.09. The highest BCUT2D eigenvalue weighted by atomic mass is 16.3. The topological polar surface area (TPSA) is 52.2 Å². The van der Waals surface area contributed by atoms with E-state index < -0.39 is 0 Å². The quantitative estimate of drug-likeness (QED) is 0.125. The molecule has 15 rings (SSSR count). The van der Waals surface area contributed by atoms with Crippen molar-refractivity contribution in [2.75, 3.05) is 41.3 Å². The van der Waals surface area contributed by atoms with Crippen LogP contribution in [-0.2, 0) is 0 Å². The molecule has 4 atom stereocenters. The van der Waals surface area contributed by atoms with E-state index in [0.29, 0.717) is 36.0 Å². The lowest BCUT2D eigenvalue weighted by molar-refractivity contribution is 0.383. The fourth-order valence-corrected chi connectivity index (χ4v) is 14.4. The van der Waals surface area contributed by atoms with E-state index in [2.05, 4.69) is 370 Å². The Morgan fingerprint density at radius 3 is 1.01 bits per heavy atom. The molecule has 10 nitrogen and oxygen atoms in total. The van der Waals surface area contributed by atoms with Crippen molar-refractivity contribution < 1.29 is 8.83 Å². The van der Waals surface area contributed by atoms with Gasteiger partial charge in [0.1, 0.15) is 35.8 Å². The molecule has 0 bridgehead atoms. The van der Waals surface area contributed by atoms with Gasteiger partial charge in [-0.3, -0.25) is 0 Å². The Labute approximate surface area is 576 Å². The van der Waals surface area contributed by atoms with Crippen molar-refractivity contribution in [1.82, 2.24) is 4.90 Å². The number of rotatable bonds is 11. The fraction of sp³-hybridized carbons (Fsp3) is 0.287. The smallest absolute Gasteiger partial charge is 0.159 e. The van der Waals surface area contributed by atoms with Crippen molar-refractivity contribution in [3.05, 3.63) is 282 Å². The number of nitrogens with zero attached hydrogens (tertiary/aromatic N) is 8. The van der Waals surface area contributed by atoms with E-state index in [1.807, 2.05) is 24.3 Å². The van der Waals surface area contributed by atoms with Gasteiger partial charge in [0.25, 0.3) is 0 Å². The zero-order chi connectivity index (χ0) is 68.5. The number of hydrogen-bond acceptors (Lipinski definition) is 10. The lowest BCUT2D eigenvalue weighted by Gasteiger charge is -2.34. The van der Waals surface area contributed by atoms with Gasteiger partial charge in [0.2, 0.25) is 0 Å². The van der Waals surface area contributed by atoms with Gasteiger partial charge < -0.3 is 48.0 Å². The molecule has 9 aromatic carbocycles. The molecule has 0 amide bonds. The van der Waals surface area contributed by atoms with Gasteiger partial charge in [0.05, 0.1) is 11.4 Å². The molecule has 0 unspecified atom stereocenters. The molecule has 0 aliphatic carbocycles. The van der Waals surface area contributed by atoms with Crippen molar-refractivity contribution in [3.8, 4) is 0 Å². The van der Waals surface area contributed by atoms with Crippen LogP contribution in [0.3, 0.4) is 0 Å². The second-order valence-electron chi connectivity index (χ2n) is 27.7. The Hall–Kier alpha value is -10.1. The van der Waals surface area contributed by atoms with Crippen LogP contribution in [0.25, 0.3) is 43.9 Å². The van der Waals surface area contributed by atoms with Gasteiger partial charge in [-0.2, -0.15) is 0 Å². The molecule has 0 fully saturated rings. The van der Waals surface area contributed by atoms with Crippen LogP contribution in [0.2, 0.25) is 0 Å². The Morgan fingerprint density at radius 2 is 0.608 bits per heavy atom. The second-order valence-corrected chi connectivity index (χ2v) is 27.7. The van der Waals surface area contributed by atoms with Gasteiger partial charge in [-0.1, -0.05) is 207 Å². The average Bonchev–Trinajstić information content (AvgIpc) is 1.61. The minimum Gasteiger partial charge on any atom is -0.454 e. The molecule has 0 saturated heterocycles. The molecule has 0 N–H and O–H groups in total. The van der Waals surface area contributed by atoms with Crippen LogP contribution in [0.15, 0.2) is 246 Å². The van der Waals surface area contributed by atoms with Crippen LogP contribution in [-0.4, -0.2) is 36.6 Å². The molecule has 97 heavy (non-hydrogen) atoms. The van der Waals surface area contributed by atoms with Crippen LogP contribution >= 0.6 is 0 Å². The van der Waals surface area contributed by atoms with Gasteiger partial charge in [-0.15, -0.1) is 0 Å². The van der Waals surface area contributed by atoms with Crippen LogP contribution in [0.4, 0.5) is 39.8 Å². The van der Waals surface area contributed by atoms with Crippen molar-refractivity contribution in [2.45, 2.75) is 159 Å². The number of furan rings is 2. The molecule has 0 saturated carbocycles. The molecular formula is C87H98N8O2. The van der Waals surface area contributed by atoms with Gasteiger partial charge in [-0.05, 0) is 160 Å². The average molecular weight is 1290 g/mol. The standard InChI is InChI=1S/C29H32N2O.C23H30N2.C18H18N2O.C17H18N2/c1-18(2)22-11-9-12-23(19(3)4)28(22)31-17-16-30(21(31)6)27-20(5)14-15-25-24-10-7-8-13-26(24)32-29(25)27;1-16(2)20-11-9-12-21(17(3)4)23(20)25-15-14-24(19(25)6)22-13-8-7-10-18(22)5;1-12-8-9-15-14-6-4-5-7-16(14)21-18(15)17(12)20-11-10-19(3)13(20)2;1-14-8-6-7-11-17(14)19-13-12-18(15(19)2)16-9-4-3-5-10-16/h7-19,21H,1-6H3;7-17,19H,1-6H3;4-11,13H,1-3H3;3-13,15H,1-2H3/t21-;19-;13-;15-/m1100/s1. The maximum atomic E-state index is 6.40. The first-order chi connectivity index (χ1) is 46.7. The number of benzene rings is 9.